The lowest BCUT2D eigenvalue weighted by Crippen LogP contribution is -2.33. The predicted octanol–water partition coefficient (Wildman–Crippen LogP) is 2.04. The van der Waals surface area contributed by atoms with Gasteiger partial charge in [0, 0.05) is 25.5 Å². The van der Waals surface area contributed by atoms with Gasteiger partial charge >= 0.3 is 6.09 Å². The van der Waals surface area contributed by atoms with Crippen molar-refractivity contribution in [2.45, 2.75) is 51.9 Å². The van der Waals surface area contributed by atoms with Crippen LogP contribution < -0.4 is 10.9 Å². The molecule has 0 bridgehead atoms. The standard InChI is InChI=1S/C16H24N2O5/c1-16(2,3)23-15(21)17-13-8-11(10-19)9-18(14(13)20)12-4-6-22-7-5-12/h8-9,12,19H,4-7,10H2,1-3H3,(H,17,21). The summed E-state index contributed by atoms with van der Waals surface area (Å²) >= 11 is 0. The van der Waals surface area contributed by atoms with Crippen molar-refractivity contribution in [2.75, 3.05) is 18.5 Å². The number of carbonyl (C=O) groups excluding carboxylic acids is 1. The Morgan fingerprint density at radius 1 is 1.43 bits per heavy atom. The highest BCUT2D eigenvalue weighted by Crippen LogP contribution is 2.21. The molecule has 1 aliphatic rings. The lowest BCUT2D eigenvalue weighted by Gasteiger charge is -2.25. The van der Waals surface area contributed by atoms with Crippen molar-refractivity contribution in [1.29, 1.82) is 0 Å². The second-order valence-electron chi connectivity index (χ2n) is 6.60. The van der Waals surface area contributed by atoms with Gasteiger partial charge in [-0.15, -0.1) is 0 Å². The average molecular weight is 324 g/mol. The first-order valence-electron chi connectivity index (χ1n) is 7.74. The van der Waals surface area contributed by atoms with Crippen LogP contribution in [0.1, 0.15) is 45.2 Å². The summed E-state index contributed by atoms with van der Waals surface area (Å²) in [5.74, 6) is 0. The molecule has 23 heavy (non-hydrogen) atoms. The summed E-state index contributed by atoms with van der Waals surface area (Å²) < 4.78 is 12.1. The number of amides is 1. The van der Waals surface area contributed by atoms with Crippen molar-refractivity contribution in [3.8, 4) is 0 Å². The van der Waals surface area contributed by atoms with Crippen LogP contribution in [0.2, 0.25) is 0 Å². The lowest BCUT2D eigenvalue weighted by molar-refractivity contribution is 0.0632. The Bertz CT molecular complexity index is 612. The third-order valence-electron chi connectivity index (χ3n) is 3.50. The Labute approximate surface area is 135 Å². The molecule has 0 aromatic carbocycles. The first-order valence-corrected chi connectivity index (χ1v) is 7.74. The second-order valence-corrected chi connectivity index (χ2v) is 6.60. The largest absolute Gasteiger partial charge is 0.444 e. The summed E-state index contributed by atoms with van der Waals surface area (Å²) in [5.41, 5.74) is -0.294. The highest BCUT2D eigenvalue weighted by atomic mass is 16.6. The molecule has 1 saturated heterocycles. The molecule has 7 heteroatoms. The maximum Gasteiger partial charge on any atom is 0.412 e. The van der Waals surface area contributed by atoms with Gasteiger partial charge in [-0.25, -0.2) is 4.79 Å². The van der Waals surface area contributed by atoms with Crippen molar-refractivity contribution < 1.29 is 19.4 Å². The topological polar surface area (TPSA) is 89.8 Å². The molecule has 0 unspecified atom stereocenters. The monoisotopic (exact) mass is 324 g/mol. The van der Waals surface area contributed by atoms with Crippen LogP contribution in [0.25, 0.3) is 0 Å². The predicted molar refractivity (Wildman–Crippen MR) is 85.6 cm³/mol. The van der Waals surface area contributed by atoms with E-state index in [-0.39, 0.29) is 23.9 Å². The third-order valence-corrected chi connectivity index (χ3v) is 3.50. The van der Waals surface area contributed by atoms with Crippen molar-refractivity contribution in [2.24, 2.45) is 0 Å². The number of pyridine rings is 1. The minimum Gasteiger partial charge on any atom is -0.444 e. The highest BCUT2D eigenvalue weighted by molar-refractivity contribution is 5.84. The van der Waals surface area contributed by atoms with E-state index in [1.54, 1.807) is 31.5 Å². The van der Waals surface area contributed by atoms with E-state index in [0.29, 0.717) is 18.8 Å². The van der Waals surface area contributed by atoms with E-state index in [0.717, 1.165) is 12.8 Å². The number of anilines is 1. The summed E-state index contributed by atoms with van der Waals surface area (Å²) in [5, 5.41) is 11.9. The number of ether oxygens (including phenoxy) is 2. The quantitative estimate of drug-likeness (QED) is 0.888. The number of hydrogen-bond acceptors (Lipinski definition) is 5. The van der Waals surface area contributed by atoms with Gasteiger partial charge in [-0.05, 0) is 45.2 Å². The SMILES string of the molecule is CC(C)(C)OC(=O)Nc1cc(CO)cn(C2CCOCC2)c1=O. The number of hydrogen-bond donors (Lipinski definition) is 2. The summed E-state index contributed by atoms with van der Waals surface area (Å²) in [6, 6.07) is 1.48. The minimum absolute atomic E-state index is 0.00179. The molecule has 2 rings (SSSR count). The fraction of sp³-hybridized carbons (Fsp3) is 0.625. The Hall–Kier alpha value is -1.86. The van der Waals surface area contributed by atoms with Gasteiger partial charge in [0.1, 0.15) is 11.3 Å². The molecule has 1 aromatic heterocycles. The Morgan fingerprint density at radius 3 is 2.65 bits per heavy atom. The van der Waals surface area contributed by atoms with Gasteiger partial charge in [-0.3, -0.25) is 10.1 Å². The first kappa shape index (κ1) is 17.5. The van der Waals surface area contributed by atoms with Crippen LogP contribution in [-0.4, -0.2) is 34.6 Å². The number of aromatic nitrogens is 1. The van der Waals surface area contributed by atoms with E-state index >= 15 is 0 Å². The first-order chi connectivity index (χ1) is 10.8. The van der Waals surface area contributed by atoms with E-state index in [9.17, 15) is 14.7 Å². The zero-order valence-electron chi connectivity index (χ0n) is 13.8. The van der Waals surface area contributed by atoms with E-state index in [1.807, 2.05) is 0 Å². The summed E-state index contributed by atoms with van der Waals surface area (Å²) in [4.78, 5) is 24.5. The molecular formula is C16H24N2O5. The van der Waals surface area contributed by atoms with E-state index in [4.69, 9.17) is 9.47 Å². The molecule has 1 aliphatic heterocycles. The number of rotatable bonds is 3. The van der Waals surface area contributed by atoms with Gasteiger partial charge in [0.25, 0.3) is 5.56 Å². The minimum atomic E-state index is -0.691. The van der Waals surface area contributed by atoms with Crippen molar-refractivity contribution in [1.82, 2.24) is 4.57 Å². The zero-order chi connectivity index (χ0) is 17.0. The van der Waals surface area contributed by atoms with Crippen LogP contribution in [0.4, 0.5) is 10.5 Å². The zero-order valence-corrected chi connectivity index (χ0v) is 13.8. The molecule has 2 N–H and O–H groups in total. The van der Waals surface area contributed by atoms with Crippen LogP contribution in [-0.2, 0) is 16.1 Å². The maximum absolute atomic E-state index is 12.6. The maximum atomic E-state index is 12.6. The van der Waals surface area contributed by atoms with Gasteiger partial charge in [0.2, 0.25) is 0 Å². The number of aliphatic hydroxyl groups is 1. The average Bonchev–Trinajstić information content (AvgIpc) is 2.48. The fourth-order valence-electron chi connectivity index (χ4n) is 2.48. The molecule has 1 fully saturated rings. The van der Waals surface area contributed by atoms with E-state index in [2.05, 4.69) is 5.32 Å². The Kier molecular flexibility index (Phi) is 5.43. The van der Waals surface area contributed by atoms with Crippen molar-refractivity contribution in [3.05, 3.63) is 28.2 Å². The van der Waals surface area contributed by atoms with Gasteiger partial charge in [-0.2, -0.15) is 0 Å². The van der Waals surface area contributed by atoms with Crippen LogP contribution >= 0.6 is 0 Å². The summed E-state index contributed by atoms with van der Waals surface area (Å²) in [7, 11) is 0. The molecule has 1 aromatic rings. The molecule has 0 radical (unpaired) electrons. The van der Waals surface area contributed by atoms with Crippen LogP contribution in [0.5, 0.6) is 0 Å². The smallest absolute Gasteiger partial charge is 0.412 e. The third kappa shape index (κ3) is 4.80. The van der Waals surface area contributed by atoms with Crippen LogP contribution in [0.3, 0.4) is 0 Å². The van der Waals surface area contributed by atoms with Gasteiger partial charge in [0.15, 0.2) is 0 Å². The van der Waals surface area contributed by atoms with Crippen LogP contribution in [0, 0.1) is 0 Å². The normalized spacial score (nSPS) is 16.2. The molecule has 0 atom stereocenters. The van der Waals surface area contributed by atoms with Crippen LogP contribution in [0.15, 0.2) is 17.1 Å². The molecule has 2 heterocycles. The van der Waals surface area contributed by atoms with Crippen molar-refractivity contribution in [3.63, 3.8) is 0 Å². The summed E-state index contributed by atoms with van der Waals surface area (Å²) in [6.45, 7) is 6.21. The number of nitrogens with zero attached hydrogens (tertiary/aromatic N) is 1. The summed E-state index contributed by atoms with van der Waals surface area (Å²) in [6.07, 6.45) is 2.39. The van der Waals surface area contributed by atoms with Gasteiger partial charge in [-0.1, -0.05) is 0 Å². The molecule has 0 aliphatic carbocycles. The highest BCUT2D eigenvalue weighted by Gasteiger charge is 2.21. The Balaban J connectivity index is 2.28. The van der Waals surface area contributed by atoms with E-state index in [1.165, 1.54) is 6.07 Å². The van der Waals surface area contributed by atoms with Crippen molar-refractivity contribution >= 4 is 11.8 Å². The van der Waals surface area contributed by atoms with Gasteiger partial charge < -0.3 is 19.1 Å². The molecule has 128 valence electrons. The van der Waals surface area contributed by atoms with Gasteiger partial charge in [0.05, 0.1) is 6.61 Å². The molecule has 7 nitrogen and oxygen atoms in total. The Morgan fingerprint density at radius 2 is 2.09 bits per heavy atom. The molecule has 1 amide bonds. The molecular weight excluding hydrogens is 300 g/mol. The molecule has 0 saturated carbocycles. The number of nitrogens with one attached hydrogen (secondary N) is 1. The molecule has 0 spiro atoms. The number of carbonyl (C=O) groups is 1. The lowest BCUT2D eigenvalue weighted by atomic mass is 10.1. The van der Waals surface area contributed by atoms with E-state index < -0.39 is 11.7 Å². The second kappa shape index (κ2) is 7.14. The number of aliphatic hydroxyl groups excluding tert-OH is 1. The fourth-order valence-corrected chi connectivity index (χ4v) is 2.48.